The van der Waals surface area contributed by atoms with Crippen molar-refractivity contribution in [1.29, 1.82) is 0 Å². The standard InChI is InChI=1S/C11H22N2O2/c1-3-4-8-15-11(14)13-7-5-6-12-10(2)9-13/h10,12H,3-9H2,1-2H3. The smallest absolute Gasteiger partial charge is 0.409 e. The molecule has 1 rings (SSSR count). The molecule has 0 saturated carbocycles. The third-order valence-electron chi connectivity index (χ3n) is 2.57. The Balaban J connectivity index is 2.29. The first-order valence-electron chi connectivity index (χ1n) is 5.89. The molecule has 1 fully saturated rings. The van der Waals surface area contributed by atoms with Gasteiger partial charge in [-0.15, -0.1) is 0 Å². The number of carbonyl (C=O) groups excluding carboxylic acids is 1. The fourth-order valence-corrected chi connectivity index (χ4v) is 1.67. The number of carbonyl (C=O) groups is 1. The van der Waals surface area contributed by atoms with Gasteiger partial charge in [-0.25, -0.2) is 4.79 Å². The zero-order valence-electron chi connectivity index (χ0n) is 9.79. The van der Waals surface area contributed by atoms with E-state index in [1.165, 1.54) is 0 Å². The summed E-state index contributed by atoms with van der Waals surface area (Å²) in [5.74, 6) is 0. The SMILES string of the molecule is CCCCOC(=O)N1CCCNC(C)C1. The van der Waals surface area contributed by atoms with E-state index in [9.17, 15) is 4.79 Å². The maximum absolute atomic E-state index is 11.6. The monoisotopic (exact) mass is 214 g/mol. The Hall–Kier alpha value is -0.770. The second-order valence-corrected chi connectivity index (χ2v) is 4.12. The molecule has 0 aromatic carbocycles. The number of nitrogens with zero attached hydrogens (tertiary/aromatic N) is 1. The molecular weight excluding hydrogens is 192 g/mol. The highest BCUT2D eigenvalue weighted by atomic mass is 16.6. The number of hydrogen-bond donors (Lipinski definition) is 1. The average molecular weight is 214 g/mol. The predicted octanol–water partition coefficient (Wildman–Crippen LogP) is 1.61. The maximum Gasteiger partial charge on any atom is 0.409 e. The molecule has 1 heterocycles. The van der Waals surface area contributed by atoms with Crippen LogP contribution in [0, 0.1) is 0 Å². The van der Waals surface area contributed by atoms with Crippen LogP contribution in [-0.4, -0.2) is 43.3 Å². The molecule has 0 spiro atoms. The van der Waals surface area contributed by atoms with E-state index >= 15 is 0 Å². The first kappa shape index (κ1) is 12.3. The van der Waals surface area contributed by atoms with Gasteiger partial charge in [-0.1, -0.05) is 13.3 Å². The van der Waals surface area contributed by atoms with Crippen LogP contribution in [0.25, 0.3) is 0 Å². The van der Waals surface area contributed by atoms with Crippen molar-refractivity contribution < 1.29 is 9.53 Å². The summed E-state index contributed by atoms with van der Waals surface area (Å²) in [5.41, 5.74) is 0. The molecule has 1 aliphatic rings. The van der Waals surface area contributed by atoms with Crippen molar-refractivity contribution >= 4 is 6.09 Å². The van der Waals surface area contributed by atoms with Crippen LogP contribution in [0.5, 0.6) is 0 Å². The molecule has 0 radical (unpaired) electrons. The molecular formula is C11H22N2O2. The number of hydrogen-bond acceptors (Lipinski definition) is 3. The molecule has 0 bridgehead atoms. The molecule has 15 heavy (non-hydrogen) atoms. The van der Waals surface area contributed by atoms with Gasteiger partial charge in [0.05, 0.1) is 6.61 Å². The van der Waals surface area contributed by atoms with Gasteiger partial charge in [0, 0.05) is 19.1 Å². The third kappa shape index (κ3) is 4.51. The van der Waals surface area contributed by atoms with Gasteiger partial charge < -0.3 is 15.0 Å². The van der Waals surface area contributed by atoms with Gasteiger partial charge in [-0.2, -0.15) is 0 Å². The molecule has 0 aromatic heterocycles. The molecule has 0 aliphatic carbocycles. The molecule has 1 saturated heterocycles. The number of rotatable bonds is 3. The lowest BCUT2D eigenvalue weighted by molar-refractivity contribution is 0.101. The fourth-order valence-electron chi connectivity index (χ4n) is 1.67. The van der Waals surface area contributed by atoms with E-state index in [-0.39, 0.29) is 6.09 Å². The normalized spacial score (nSPS) is 22.3. The van der Waals surface area contributed by atoms with E-state index in [0.29, 0.717) is 12.6 Å². The van der Waals surface area contributed by atoms with E-state index in [0.717, 1.165) is 38.9 Å². The van der Waals surface area contributed by atoms with Crippen molar-refractivity contribution in [3.63, 3.8) is 0 Å². The Morgan fingerprint density at radius 1 is 1.60 bits per heavy atom. The Kier molecular flexibility index (Phi) is 5.47. The van der Waals surface area contributed by atoms with Crippen LogP contribution in [0.1, 0.15) is 33.1 Å². The number of unbranched alkanes of at least 4 members (excludes halogenated alkanes) is 1. The third-order valence-corrected chi connectivity index (χ3v) is 2.57. The van der Waals surface area contributed by atoms with Crippen LogP contribution < -0.4 is 5.32 Å². The van der Waals surface area contributed by atoms with E-state index in [2.05, 4.69) is 19.2 Å². The van der Waals surface area contributed by atoms with E-state index in [4.69, 9.17) is 4.74 Å². The highest BCUT2D eigenvalue weighted by molar-refractivity contribution is 5.67. The van der Waals surface area contributed by atoms with Crippen molar-refractivity contribution in [3.8, 4) is 0 Å². The van der Waals surface area contributed by atoms with E-state index in [1.807, 2.05) is 0 Å². The fraction of sp³-hybridized carbons (Fsp3) is 0.909. The zero-order chi connectivity index (χ0) is 11.1. The first-order chi connectivity index (χ1) is 7.24. The van der Waals surface area contributed by atoms with Crippen LogP contribution in [0.4, 0.5) is 4.79 Å². The summed E-state index contributed by atoms with van der Waals surface area (Å²) >= 11 is 0. The number of ether oxygens (including phenoxy) is 1. The van der Waals surface area contributed by atoms with Gasteiger partial charge in [0.1, 0.15) is 0 Å². The minimum atomic E-state index is -0.154. The van der Waals surface area contributed by atoms with Crippen LogP contribution in [0.3, 0.4) is 0 Å². The molecule has 1 aliphatic heterocycles. The molecule has 1 amide bonds. The lowest BCUT2D eigenvalue weighted by Crippen LogP contribution is -2.39. The maximum atomic E-state index is 11.6. The van der Waals surface area contributed by atoms with E-state index in [1.54, 1.807) is 4.90 Å². The molecule has 1 N–H and O–H groups in total. The van der Waals surface area contributed by atoms with Crippen molar-refractivity contribution in [1.82, 2.24) is 10.2 Å². The molecule has 0 aromatic rings. The van der Waals surface area contributed by atoms with Crippen molar-refractivity contribution in [2.45, 2.75) is 39.2 Å². The summed E-state index contributed by atoms with van der Waals surface area (Å²) in [6.45, 7) is 7.28. The Labute approximate surface area is 92.0 Å². The summed E-state index contributed by atoms with van der Waals surface area (Å²) in [7, 11) is 0. The highest BCUT2D eigenvalue weighted by Gasteiger charge is 2.19. The lowest BCUT2D eigenvalue weighted by Gasteiger charge is -2.21. The molecule has 88 valence electrons. The second kappa shape index (κ2) is 6.67. The summed E-state index contributed by atoms with van der Waals surface area (Å²) < 4.78 is 5.18. The minimum absolute atomic E-state index is 0.154. The second-order valence-electron chi connectivity index (χ2n) is 4.12. The van der Waals surface area contributed by atoms with E-state index < -0.39 is 0 Å². The van der Waals surface area contributed by atoms with Gasteiger partial charge in [-0.05, 0) is 26.3 Å². The van der Waals surface area contributed by atoms with Crippen LogP contribution >= 0.6 is 0 Å². The van der Waals surface area contributed by atoms with Gasteiger partial charge in [-0.3, -0.25) is 0 Å². The topological polar surface area (TPSA) is 41.6 Å². The first-order valence-corrected chi connectivity index (χ1v) is 5.89. The predicted molar refractivity (Wildman–Crippen MR) is 59.9 cm³/mol. The van der Waals surface area contributed by atoms with Crippen LogP contribution in [0.2, 0.25) is 0 Å². The minimum Gasteiger partial charge on any atom is -0.449 e. The largest absolute Gasteiger partial charge is 0.449 e. The molecule has 1 atom stereocenters. The molecule has 4 nitrogen and oxygen atoms in total. The van der Waals surface area contributed by atoms with Crippen molar-refractivity contribution in [2.24, 2.45) is 0 Å². The average Bonchev–Trinajstić information content (AvgIpc) is 2.43. The lowest BCUT2D eigenvalue weighted by atomic mass is 10.3. The van der Waals surface area contributed by atoms with Crippen LogP contribution in [0.15, 0.2) is 0 Å². The highest BCUT2D eigenvalue weighted by Crippen LogP contribution is 2.03. The molecule has 4 heteroatoms. The van der Waals surface area contributed by atoms with Gasteiger partial charge in [0.15, 0.2) is 0 Å². The Bertz CT molecular complexity index is 197. The van der Waals surface area contributed by atoms with Gasteiger partial charge in [0.2, 0.25) is 0 Å². The van der Waals surface area contributed by atoms with Crippen molar-refractivity contribution in [3.05, 3.63) is 0 Å². The summed E-state index contributed by atoms with van der Waals surface area (Å²) in [5, 5.41) is 3.35. The number of nitrogens with one attached hydrogen (secondary N) is 1. The Morgan fingerprint density at radius 2 is 2.40 bits per heavy atom. The quantitative estimate of drug-likeness (QED) is 0.726. The number of amides is 1. The van der Waals surface area contributed by atoms with Gasteiger partial charge >= 0.3 is 6.09 Å². The van der Waals surface area contributed by atoms with Crippen LogP contribution in [-0.2, 0) is 4.74 Å². The zero-order valence-corrected chi connectivity index (χ0v) is 9.79. The molecule has 1 unspecified atom stereocenters. The van der Waals surface area contributed by atoms with Gasteiger partial charge in [0.25, 0.3) is 0 Å². The van der Waals surface area contributed by atoms with Crippen molar-refractivity contribution in [2.75, 3.05) is 26.2 Å². The Morgan fingerprint density at radius 3 is 3.13 bits per heavy atom. The summed E-state index contributed by atoms with van der Waals surface area (Å²) in [6.07, 6.45) is 2.87. The summed E-state index contributed by atoms with van der Waals surface area (Å²) in [6, 6.07) is 0.367. The summed E-state index contributed by atoms with van der Waals surface area (Å²) in [4.78, 5) is 13.5.